The van der Waals surface area contributed by atoms with E-state index in [9.17, 15) is 0 Å². The molecule has 0 aliphatic heterocycles. The molecule has 0 spiro atoms. The highest BCUT2D eigenvalue weighted by Crippen LogP contribution is 2.31. The van der Waals surface area contributed by atoms with Gasteiger partial charge in [0.05, 0.1) is 17.7 Å². The molecule has 0 aliphatic carbocycles. The summed E-state index contributed by atoms with van der Waals surface area (Å²) >= 11 is 0. The van der Waals surface area contributed by atoms with Crippen molar-refractivity contribution in [3.8, 4) is 28.7 Å². The van der Waals surface area contributed by atoms with Crippen LogP contribution in [0.3, 0.4) is 0 Å². The van der Waals surface area contributed by atoms with Gasteiger partial charge in [-0.15, -0.1) is 0 Å². The Morgan fingerprint density at radius 1 is 1.04 bits per heavy atom. The summed E-state index contributed by atoms with van der Waals surface area (Å²) in [5, 5.41) is 5.10. The number of rotatable bonds is 4. The summed E-state index contributed by atoms with van der Waals surface area (Å²) in [4.78, 5) is 13.1. The molecule has 1 aromatic carbocycles. The van der Waals surface area contributed by atoms with Crippen molar-refractivity contribution in [1.82, 2.24) is 20.1 Å². The van der Waals surface area contributed by atoms with Gasteiger partial charge in [0.15, 0.2) is 0 Å². The highest BCUT2D eigenvalue weighted by molar-refractivity contribution is 5.85. The van der Waals surface area contributed by atoms with E-state index in [0.717, 1.165) is 22.0 Å². The first kappa shape index (κ1) is 15.3. The fraction of sp³-hybridized carbons (Fsp3) is 0.158. The van der Waals surface area contributed by atoms with Crippen molar-refractivity contribution in [3.63, 3.8) is 0 Å². The average molecular weight is 332 g/mol. The third-order valence-corrected chi connectivity index (χ3v) is 3.81. The summed E-state index contributed by atoms with van der Waals surface area (Å²) in [5.41, 5.74) is 3.55. The molecule has 0 atom stereocenters. The van der Waals surface area contributed by atoms with Crippen LogP contribution in [-0.2, 0) is 0 Å². The zero-order valence-electron chi connectivity index (χ0n) is 13.9. The molecule has 25 heavy (non-hydrogen) atoms. The number of hydrogen-bond acceptors (Lipinski definition) is 6. The minimum atomic E-state index is 0.434. The third-order valence-electron chi connectivity index (χ3n) is 3.81. The number of pyridine rings is 2. The van der Waals surface area contributed by atoms with Crippen LogP contribution in [-0.4, -0.2) is 26.7 Å². The van der Waals surface area contributed by atoms with Crippen LogP contribution in [0.15, 0.2) is 53.3 Å². The summed E-state index contributed by atoms with van der Waals surface area (Å²) in [6, 6.07) is 11.7. The summed E-state index contributed by atoms with van der Waals surface area (Å²) < 4.78 is 11.1. The predicted octanol–water partition coefficient (Wildman–Crippen LogP) is 4.05. The quantitative estimate of drug-likeness (QED) is 0.561. The first-order valence-corrected chi connectivity index (χ1v) is 8.03. The highest BCUT2D eigenvalue weighted by atomic mass is 16.5. The van der Waals surface area contributed by atoms with Crippen LogP contribution < -0.4 is 4.74 Å². The van der Waals surface area contributed by atoms with E-state index in [0.29, 0.717) is 29.8 Å². The number of benzene rings is 1. The van der Waals surface area contributed by atoms with Gasteiger partial charge in [-0.25, -0.2) is 4.98 Å². The van der Waals surface area contributed by atoms with E-state index in [1.54, 1.807) is 12.4 Å². The molecule has 4 rings (SSSR count). The van der Waals surface area contributed by atoms with Crippen LogP contribution in [0.2, 0.25) is 0 Å². The Labute approximate surface area is 144 Å². The van der Waals surface area contributed by atoms with Crippen LogP contribution in [0.1, 0.15) is 12.5 Å². The number of aryl methyl sites for hydroxylation is 1. The molecule has 0 unspecified atom stereocenters. The van der Waals surface area contributed by atoms with Crippen molar-refractivity contribution in [2.45, 2.75) is 13.8 Å². The van der Waals surface area contributed by atoms with Gasteiger partial charge in [-0.1, -0.05) is 17.3 Å². The van der Waals surface area contributed by atoms with Crippen molar-refractivity contribution in [2.24, 2.45) is 0 Å². The van der Waals surface area contributed by atoms with E-state index >= 15 is 0 Å². The van der Waals surface area contributed by atoms with E-state index < -0.39 is 0 Å². The Hall–Kier alpha value is -3.28. The van der Waals surface area contributed by atoms with Gasteiger partial charge >= 0.3 is 0 Å². The molecular weight excluding hydrogens is 316 g/mol. The molecule has 0 amide bonds. The van der Waals surface area contributed by atoms with Gasteiger partial charge in [0, 0.05) is 23.3 Å². The monoisotopic (exact) mass is 332 g/mol. The SMILES string of the molecule is CCOc1nc2cc(C)ccc2cc1-c1noc(-c2ccncc2)n1. The average Bonchev–Trinajstić information content (AvgIpc) is 3.12. The Kier molecular flexibility index (Phi) is 3.85. The lowest BCUT2D eigenvalue weighted by Crippen LogP contribution is -1.98. The van der Waals surface area contributed by atoms with Crippen LogP contribution >= 0.6 is 0 Å². The van der Waals surface area contributed by atoms with Crippen LogP contribution in [0.4, 0.5) is 0 Å². The molecule has 6 heteroatoms. The molecule has 124 valence electrons. The molecule has 6 nitrogen and oxygen atoms in total. The Morgan fingerprint density at radius 3 is 2.68 bits per heavy atom. The molecular formula is C19H16N4O2. The normalized spacial score (nSPS) is 11.0. The predicted molar refractivity (Wildman–Crippen MR) is 94.2 cm³/mol. The van der Waals surface area contributed by atoms with Gasteiger partial charge in [-0.2, -0.15) is 4.98 Å². The van der Waals surface area contributed by atoms with E-state index in [1.807, 2.05) is 50.2 Å². The van der Waals surface area contributed by atoms with Gasteiger partial charge in [-0.3, -0.25) is 4.98 Å². The Bertz CT molecular complexity index is 1030. The van der Waals surface area contributed by atoms with Crippen molar-refractivity contribution in [3.05, 3.63) is 54.4 Å². The zero-order chi connectivity index (χ0) is 17.2. The van der Waals surface area contributed by atoms with E-state index in [4.69, 9.17) is 9.26 Å². The second-order valence-corrected chi connectivity index (χ2v) is 5.63. The van der Waals surface area contributed by atoms with Gasteiger partial charge in [0.2, 0.25) is 11.7 Å². The molecule has 0 saturated carbocycles. The van der Waals surface area contributed by atoms with E-state index in [2.05, 4.69) is 20.1 Å². The van der Waals surface area contributed by atoms with Crippen LogP contribution in [0, 0.1) is 6.92 Å². The molecule has 0 saturated heterocycles. The Balaban J connectivity index is 1.84. The minimum absolute atomic E-state index is 0.434. The lowest BCUT2D eigenvalue weighted by molar-refractivity contribution is 0.329. The number of ether oxygens (including phenoxy) is 1. The van der Waals surface area contributed by atoms with Gasteiger partial charge in [-0.05, 0) is 43.7 Å². The fourth-order valence-corrected chi connectivity index (χ4v) is 2.61. The maximum Gasteiger partial charge on any atom is 0.258 e. The fourth-order valence-electron chi connectivity index (χ4n) is 2.61. The molecule has 3 heterocycles. The lowest BCUT2D eigenvalue weighted by atomic mass is 10.1. The number of fused-ring (bicyclic) bond motifs is 1. The summed E-state index contributed by atoms with van der Waals surface area (Å²) in [5.74, 6) is 1.39. The van der Waals surface area contributed by atoms with Crippen LogP contribution in [0.25, 0.3) is 33.7 Å². The summed E-state index contributed by atoms with van der Waals surface area (Å²) in [7, 11) is 0. The summed E-state index contributed by atoms with van der Waals surface area (Å²) in [6.45, 7) is 4.46. The third kappa shape index (κ3) is 2.94. The van der Waals surface area contributed by atoms with E-state index in [1.165, 1.54) is 0 Å². The zero-order valence-corrected chi connectivity index (χ0v) is 13.9. The van der Waals surface area contributed by atoms with Gasteiger partial charge in [0.1, 0.15) is 0 Å². The molecule has 0 radical (unpaired) electrons. The van der Waals surface area contributed by atoms with Gasteiger partial charge < -0.3 is 9.26 Å². The molecule has 0 aliphatic rings. The molecule has 0 N–H and O–H groups in total. The second kappa shape index (κ2) is 6.32. The number of hydrogen-bond donors (Lipinski definition) is 0. The molecule has 0 fully saturated rings. The highest BCUT2D eigenvalue weighted by Gasteiger charge is 2.17. The van der Waals surface area contributed by atoms with Gasteiger partial charge in [0.25, 0.3) is 5.89 Å². The minimum Gasteiger partial charge on any atom is -0.477 e. The van der Waals surface area contributed by atoms with Crippen molar-refractivity contribution >= 4 is 10.9 Å². The maximum absolute atomic E-state index is 5.71. The maximum atomic E-state index is 5.71. The first-order chi connectivity index (χ1) is 12.2. The number of nitrogens with zero attached hydrogens (tertiary/aromatic N) is 4. The van der Waals surface area contributed by atoms with Crippen molar-refractivity contribution in [2.75, 3.05) is 6.61 Å². The van der Waals surface area contributed by atoms with Crippen molar-refractivity contribution in [1.29, 1.82) is 0 Å². The van der Waals surface area contributed by atoms with E-state index in [-0.39, 0.29) is 0 Å². The molecule has 3 aromatic heterocycles. The first-order valence-electron chi connectivity index (χ1n) is 8.03. The largest absolute Gasteiger partial charge is 0.477 e. The smallest absolute Gasteiger partial charge is 0.258 e. The standard InChI is InChI=1S/C19H16N4O2/c1-3-24-19-15(11-14-5-4-12(2)10-16(14)21-19)17-22-18(25-23-17)13-6-8-20-9-7-13/h4-11H,3H2,1-2H3. The summed E-state index contributed by atoms with van der Waals surface area (Å²) in [6.07, 6.45) is 3.37. The molecule has 4 aromatic rings. The lowest BCUT2D eigenvalue weighted by Gasteiger charge is -2.08. The number of aromatic nitrogens is 4. The Morgan fingerprint density at radius 2 is 1.88 bits per heavy atom. The second-order valence-electron chi connectivity index (χ2n) is 5.63. The van der Waals surface area contributed by atoms with Crippen LogP contribution in [0.5, 0.6) is 5.88 Å². The molecule has 0 bridgehead atoms. The topological polar surface area (TPSA) is 73.9 Å². The van der Waals surface area contributed by atoms with Crippen molar-refractivity contribution < 1.29 is 9.26 Å².